The van der Waals surface area contributed by atoms with Gasteiger partial charge in [0.05, 0.1) is 17.0 Å². The van der Waals surface area contributed by atoms with Gasteiger partial charge in [-0.1, -0.05) is 24.3 Å². The minimum atomic E-state index is -1.15. The monoisotopic (exact) mass is 387 g/mol. The molecule has 3 rings (SSSR count). The number of para-hydroxylation sites is 1. The number of non-ortho nitro benzene ring substituents is 1. The molecule has 0 spiro atoms. The zero-order valence-electron chi connectivity index (χ0n) is 13.7. The zero-order valence-corrected chi connectivity index (χ0v) is 14.5. The summed E-state index contributed by atoms with van der Waals surface area (Å²) in [6.07, 6.45) is 0. The number of nitrogens with one attached hydrogen (secondary N) is 1. The predicted octanol–water partition coefficient (Wildman–Crippen LogP) is 2.93. The molecule has 0 aliphatic carbocycles. The Hall–Kier alpha value is -3.40. The number of nitrogens with zero attached hydrogens (tertiary/aromatic N) is 2. The van der Waals surface area contributed by atoms with E-state index in [-0.39, 0.29) is 23.5 Å². The van der Waals surface area contributed by atoms with Crippen LogP contribution in [-0.4, -0.2) is 37.4 Å². The van der Waals surface area contributed by atoms with E-state index in [2.05, 4.69) is 5.32 Å². The number of hydrogen-bond acceptors (Lipinski definition) is 7. The van der Waals surface area contributed by atoms with E-state index in [1.165, 1.54) is 36.4 Å². The summed E-state index contributed by atoms with van der Waals surface area (Å²) in [5.74, 6) is -1.66. The summed E-state index contributed by atoms with van der Waals surface area (Å²) in [5.41, 5.74) is 0.708. The SMILES string of the molecule is O=C(O)c1ccccc1N[C@@H]1SC(=O)N(Cc2ccc([N+](=O)[O-])cc2)C1=O. The van der Waals surface area contributed by atoms with Gasteiger partial charge in [-0.2, -0.15) is 0 Å². The van der Waals surface area contributed by atoms with Crippen LogP contribution in [0.2, 0.25) is 0 Å². The normalized spacial score (nSPS) is 16.4. The molecule has 0 bridgehead atoms. The highest BCUT2D eigenvalue weighted by Crippen LogP contribution is 2.30. The lowest BCUT2D eigenvalue weighted by atomic mass is 10.2. The Morgan fingerprint density at radius 3 is 2.48 bits per heavy atom. The number of thioether (sulfide) groups is 1. The number of carboxylic acid groups (broad SMARTS) is 1. The van der Waals surface area contributed by atoms with Crippen LogP contribution in [0.3, 0.4) is 0 Å². The predicted molar refractivity (Wildman–Crippen MR) is 97.4 cm³/mol. The van der Waals surface area contributed by atoms with Gasteiger partial charge in [-0.25, -0.2) is 4.79 Å². The Bertz CT molecular complexity index is 931. The lowest BCUT2D eigenvalue weighted by Gasteiger charge is -2.15. The molecule has 1 fully saturated rings. The summed E-state index contributed by atoms with van der Waals surface area (Å²) in [6.45, 7) is -0.0264. The van der Waals surface area contributed by atoms with Gasteiger partial charge in [-0.3, -0.25) is 24.6 Å². The number of imide groups is 1. The topological polar surface area (TPSA) is 130 Å². The first kappa shape index (κ1) is 18.4. The average molecular weight is 387 g/mol. The van der Waals surface area contributed by atoms with Crippen molar-refractivity contribution < 1.29 is 24.4 Å². The molecule has 1 aliphatic rings. The molecule has 2 aromatic rings. The number of nitro groups is 1. The molecular formula is C17H13N3O6S. The number of benzene rings is 2. The zero-order chi connectivity index (χ0) is 19.6. The molecule has 1 aliphatic heterocycles. The van der Waals surface area contributed by atoms with E-state index in [0.29, 0.717) is 5.56 Å². The van der Waals surface area contributed by atoms with Crippen LogP contribution >= 0.6 is 11.8 Å². The maximum absolute atomic E-state index is 12.5. The number of carboxylic acids is 1. The maximum Gasteiger partial charge on any atom is 0.337 e. The number of aromatic carboxylic acids is 1. The third-order valence-corrected chi connectivity index (χ3v) is 4.84. The van der Waals surface area contributed by atoms with Gasteiger partial charge in [0.1, 0.15) is 0 Å². The van der Waals surface area contributed by atoms with Crippen LogP contribution < -0.4 is 5.32 Å². The number of rotatable bonds is 6. The molecule has 9 nitrogen and oxygen atoms in total. The van der Waals surface area contributed by atoms with Crippen LogP contribution in [-0.2, 0) is 11.3 Å². The van der Waals surface area contributed by atoms with E-state index in [4.69, 9.17) is 0 Å². The third kappa shape index (κ3) is 3.90. The van der Waals surface area contributed by atoms with Gasteiger partial charge < -0.3 is 10.4 Å². The van der Waals surface area contributed by atoms with E-state index in [1.54, 1.807) is 12.1 Å². The van der Waals surface area contributed by atoms with Crippen LogP contribution in [0.4, 0.5) is 16.2 Å². The lowest BCUT2D eigenvalue weighted by Crippen LogP contribution is -2.34. The molecule has 10 heteroatoms. The van der Waals surface area contributed by atoms with Crippen LogP contribution in [0.5, 0.6) is 0 Å². The van der Waals surface area contributed by atoms with Gasteiger partial charge in [0, 0.05) is 17.8 Å². The van der Waals surface area contributed by atoms with Crippen LogP contribution in [0.25, 0.3) is 0 Å². The summed E-state index contributed by atoms with van der Waals surface area (Å²) >= 11 is 0.749. The Kier molecular flexibility index (Phi) is 5.08. The second-order valence-electron chi connectivity index (χ2n) is 5.61. The summed E-state index contributed by atoms with van der Waals surface area (Å²) in [6, 6.07) is 11.6. The summed E-state index contributed by atoms with van der Waals surface area (Å²) in [7, 11) is 0. The molecule has 2 amide bonds. The van der Waals surface area contributed by atoms with Gasteiger partial charge in [0.25, 0.3) is 16.8 Å². The van der Waals surface area contributed by atoms with Crippen molar-refractivity contribution in [3.8, 4) is 0 Å². The fourth-order valence-electron chi connectivity index (χ4n) is 2.52. The van der Waals surface area contributed by atoms with E-state index in [0.717, 1.165) is 16.7 Å². The molecule has 2 N–H and O–H groups in total. The maximum atomic E-state index is 12.5. The number of carbonyl (C=O) groups is 3. The van der Waals surface area contributed by atoms with Crippen molar-refractivity contribution >= 4 is 40.3 Å². The van der Waals surface area contributed by atoms with Crippen molar-refractivity contribution in [3.63, 3.8) is 0 Å². The molecule has 0 aromatic heterocycles. The number of carbonyl (C=O) groups excluding carboxylic acids is 2. The number of anilines is 1. The highest BCUT2D eigenvalue weighted by molar-refractivity contribution is 8.15. The van der Waals surface area contributed by atoms with Gasteiger partial charge in [-0.05, 0) is 29.5 Å². The quantitative estimate of drug-likeness (QED) is 0.571. The standard InChI is InChI=1S/C17H13N3O6S/c21-15-14(18-13-4-2-1-3-12(13)16(22)23)27-17(24)19(15)9-10-5-7-11(8-6-10)20(25)26/h1-8,14,18H,9H2,(H,22,23)/t14-/m1/s1. The van der Waals surface area contributed by atoms with Gasteiger partial charge in [0.15, 0.2) is 5.37 Å². The third-order valence-electron chi connectivity index (χ3n) is 3.86. The second kappa shape index (κ2) is 7.46. The van der Waals surface area contributed by atoms with Crippen molar-refractivity contribution in [2.75, 3.05) is 5.32 Å². The van der Waals surface area contributed by atoms with Crippen molar-refractivity contribution in [2.45, 2.75) is 11.9 Å². The number of amides is 2. The van der Waals surface area contributed by atoms with Crippen molar-refractivity contribution in [3.05, 3.63) is 69.8 Å². The van der Waals surface area contributed by atoms with Crippen molar-refractivity contribution in [1.82, 2.24) is 4.90 Å². The molecule has 0 radical (unpaired) electrons. The highest BCUT2D eigenvalue weighted by atomic mass is 32.2. The number of hydrogen-bond donors (Lipinski definition) is 2. The lowest BCUT2D eigenvalue weighted by molar-refractivity contribution is -0.384. The first-order valence-corrected chi connectivity index (χ1v) is 8.59. The minimum absolute atomic E-state index is 0.00725. The first-order valence-electron chi connectivity index (χ1n) is 7.71. The van der Waals surface area contributed by atoms with Crippen LogP contribution in [0.15, 0.2) is 48.5 Å². The van der Waals surface area contributed by atoms with Crippen molar-refractivity contribution in [1.29, 1.82) is 0 Å². The molecule has 2 aromatic carbocycles. The van der Waals surface area contributed by atoms with Gasteiger partial charge in [-0.15, -0.1) is 0 Å². The largest absolute Gasteiger partial charge is 0.478 e. The molecular weight excluding hydrogens is 374 g/mol. The van der Waals surface area contributed by atoms with E-state index >= 15 is 0 Å². The molecule has 0 unspecified atom stereocenters. The molecule has 1 saturated heterocycles. The Labute approximate surface area is 157 Å². The van der Waals surface area contributed by atoms with Crippen LogP contribution in [0, 0.1) is 10.1 Å². The summed E-state index contributed by atoms with van der Waals surface area (Å²) in [5, 5.41) is 21.3. The van der Waals surface area contributed by atoms with Gasteiger partial charge in [0.2, 0.25) is 0 Å². The summed E-state index contributed by atoms with van der Waals surface area (Å²) in [4.78, 5) is 47.2. The Morgan fingerprint density at radius 2 is 1.85 bits per heavy atom. The molecule has 0 saturated carbocycles. The second-order valence-corrected chi connectivity index (χ2v) is 6.66. The highest BCUT2D eigenvalue weighted by Gasteiger charge is 2.40. The van der Waals surface area contributed by atoms with Crippen LogP contribution in [0.1, 0.15) is 15.9 Å². The fourth-order valence-corrected chi connectivity index (χ4v) is 3.42. The first-order chi connectivity index (χ1) is 12.9. The average Bonchev–Trinajstić information content (AvgIpc) is 2.90. The van der Waals surface area contributed by atoms with Crippen molar-refractivity contribution in [2.24, 2.45) is 0 Å². The Morgan fingerprint density at radius 1 is 1.19 bits per heavy atom. The summed E-state index contributed by atoms with van der Waals surface area (Å²) < 4.78 is 0. The van der Waals surface area contributed by atoms with E-state index in [1.807, 2.05) is 0 Å². The molecule has 27 heavy (non-hydrogen) atoms. The number of nitro benzene ring substituents is 1. The fraction of sp³-hybridized carbons (Fsp3) is 0.118. The molecule has 1 atom stereocenters. The smallest absolute Gasteiger partial charge is 0.337 e. The Balaban J connectivity index is 1.73. The minimum Gasteiger partial charge on any atom is -0.478 e. The van der Waals surface area contributed by atoms with E-state index in [9.17, 15) is 29.6 Å². The van der Waals surface area contributed by atoms with E-state index < -0.39 is 27.4 Å². The molecule has 1 heterocycles. The van der Waals surface area contributed by atoms with Gasteiger partial charge >= 0.3 is 5.97 Å². The molecule has 138 valence electrons.